The molecule has 106 valence electrons. The first-order valence-corrected chi connectivity index (χ1v) is 7.31. The molecule has 2 atom stereocenters. The van der Waals surface area contributed by atoms with Crippen molar-refractivity contribution in [3.8, 4) is 0 Å². The first-order valence-electron chi connectivity index (χ1n) is 7.31. The molecular weight excluding hydrogens is 228 g/mol. The lowest BCUT2D eigenvalue weighted by atomic mass is 9.81. The second kappa shape index (κ2) is 6.85. The number of nitrogens with zero attached hydrogens (tertiary/aromatic N) is 1. The normalized spacial score (nSPS) is 34.0. The first kappa shape index (κ1) is 14.3. The largest absolute Gasteiger partial charge is 0.381 e. The second-order valence-electron chi connectivity index (χ2n) is 5.82. The Balaban J connectivity index is 1.88. The summed E-state index contributed by atoms with van der Waals surface area (Å²) in [5.41, 5.74) is 0.316. The molecule has 0 aromatic heterocycles. The topological polar surface area (TPSA) is 33.7 Å². The molecule has 0 aromatic rings. The summed E-state index contributed by atoms with van der Waals surface area (Å²) < 4.78 is 11.2. The molecule has 4 heteroatoms. The summed E-state index contributed by atoms with van der Waals surface area (Å²) in [4.78, 5) is 2.56. The van der Waals surface area contributed by atoms with Crippen molar-refractivity contribution in [2.45, 2.75) is 32.3 Å². The number of hydrogen-bond donors (Lipinski definition) is 1. The van der Waals surface area contributed by atoms with Gasteiger partial charge in [-0.1, -0.05) is 6.92 Å². The van der Waals surface area contributed by atoms with Crippen molar-refractivity contribution < 1.29 is 9.47 Å². The van der Waals surface area contributed by atoms with Crippen molar-refractivity contribution >= 4 is 0 Å². The summed E-state index contributed by atoms with van der Waals surface area (Å²) >= 11 is 0. The van der Waals surface area contributed by atoms with Crippen LogP contribution in [0.1, 0.15) is 26.2 Å². The zero-order valence-electron chi connectivity index (χ0n) is 11.9. The van der Waals surface area contributed by atoms with Gasteiger partial charge in [-0.2, -0.15) is 0 Å². The van der Waals surface area contributed by atoms with Crippen LogP contribution in [0, 0.1) is 5.41 Å². The predicted octanol–water partition coefficient (Wildman–Crippen LogP) is 1.11. The predicted molar refractivity (Wildman–Crippen MR) is 72.9 cm³/mol. The van der Waals surface area contributed by atoms with Gasteiger partial charge >= 0.3 is 0 Å². The van der Waals surface area contributed by atoms with Crippen LogP contribution < -0.4 is 5.32 Å². The SMILES string of the molecule is CCNCC1(CN2CCC(OC)C2)CCCOC1. The Kier molecular flexibility index (Phi) is 5.42. The maximum absolute atomic E-state index is 5.75. The fraction of sp³-hybridized carbons (Fsp3) is 1.00. The molecule has 0 radical (unpaired) electrons. The molecule has 0 bridgehead atoms. The van der Waals surface area contributed by atoms with Crippen LogP contribution in [0.2, 0.25) is 0 Å². The molecule has 0 saturated carbocycles. The Bertz CT molecular complexity index is 242. The fourth-order valence-corrected chi connectivity index (χ4v) is 3.23. The molecule has 1 N–H and O–H groups in total. The zero-order valence-corrected chi connectivity index (χ0v) is 11.9. The highest BCUT2D eigenvalue weighted by Gasteiger charge is 2.36. The highest BCUT2D eigenvalue weighted by molar-refractivity contribution is 4.89. The molecule has 0 aliphatic carbocycles. The van der Waals surface area contributed by atoms with Crippen LogP contribution in [0.15, 0.2) is 0 Å². The van der Waals surface area contributed by atoms with E-state index in [1.165, 1.54) is 25.8 Å². The Morgan fingerprint density at radius 2 is 2.39 bits per heavy atom. The lowest BCUT2D eigenvalue weighted by Gasteiger charge is -2.40. The Hall–Kier alpha value is -0.160. The van der Waals surface area contributed by atoms with Crippen molar-refractivity contribution in [3.63, 3.8) is 0 Å². The molecule has 2 fully saturated rings. The summed E-state index contributed by atoms with van der Waals surface area (Å²) in [6.45, 7) is 9.56. The summed E-state index contributed by atoms with van der Waals surface area (Å²) in [5, 5.41) is 3.52. The lowest BCUT2D eigenvalue weighted by molar-refractivity contribution is -0.0247. The average molecular weight is 256 g/mol. The highest BCUT2D eigenvalue weighted by atomic mass is 16.5. The fourth-order valence-electron chi connectivity index (χ4n) is 3.23. The molecule has 2 heterocycles. The van der Waals surface area contributed by atoms with Gasteiger partial charge in [-0.25, -0.2) is 0 Å². The summed E-state index contributed by atoms with van der Waals surface area (Å²) in [7, 11) is 1.83. The van der Waals surface area contributed by atoms with E-state index in [2.05, 4.69) is 17.1 Å². The van der Waals surface area contributed by atoms with Gasteiger partial charge in [0.1, 0.15) is 0 Å². The third kappa shape index (κ3) is 3.67. The third-order valence-corrected chi connectivity index (χ3v) is 4.28. The van der Waals surface area contributed by atoms with Crippen molar-refractivity contribution in [1.29, 1.82) is 0 Å². The summed E-state index contributed by atoms with van der Waals surface area (Å²) in [5.74, 6) is 0. The van der Waals surface area contributed by atoms with E-state index in [-0.39, 0.29) is 0 Å². The number of hydrogen-bond acceptors (Lipinski definition) is 4. The van der Waals surface area contributed by atoms with Crippen molar-refractivity contribution in [2.75, 3.05) is 53.0 Å². The molecule has 18 heavy (non-hydrogen) atoms. The number of likely N-dealkylation sites (tertiary alicyclic amines) is 1. The number of methoxy groups -OCH3 is 1. The van der Waals surface area contributed by atoms with Crippen LogP contribution in [0.5, 0.6) is 0 Å². The van der Waals surface area contributed by atoms with Gasteiger partial charge in [-0.15, -0.1) is 0 Å². The van der Waals surface area contributed by atoms with Crippen LogP contribution in [0.3, 0.4) is 0 Å². The van der Waals surface area contributed by atoms with Crippen LogP contribution in [-0.4, -0.2) is 64.1 Å². The van der Waals surface area contributed by atoms with Gasteiger partial charge < -0.3 is 14.8 Å². The van der Waals surface area contributed by atoms with Crippen molar-refractivity contribution in [2.24, 2.45) is 5.41 Å². The monoisotopic (exact) mass is 256 g/mol. The van der Waals surface area contributed by atoms with Crippen molar-refractivity contribution in [3.05, 3.63) is 0 Å². The van der Waals surface area contributed by atoms with Crippen LogP contribution in [0.25, 0.3) is 0 Å². The van der Waals surface area contributed by atoms with E-state index in [4.69, 9.17) is 9.47 Å². The third-order valence-electron chi connectivity index (χ3n) is 4.28. The number of ether oxygens (including phenoxy) is 2. The maximum atomic E-state index is 5.75. The molecule has 2 saturated heterocycles. The van der Waals surface area contributed by atoms with Gasteiger partial charge in [-0.3, -0.25) is 4.90 Å². The average Bonchev–Trinajstić information content (AvgIpc) is 2.85. The second-order valence-corrected chi connectivity index (χ2v) is 5.82. The smallest absolute Gasteiger partial charge is 0.0710 e. The van der Waals surface area contributed by atoms with Gasteiger partial charge in [0.05, 0.1) is 12.7 Å². The quantitative estimate of drug-likeness (QED) is 0.772. The van der Waals surface area contributed by atoms with E-state index in [1.54, 1.807) is 0 Å². The number of rotatable bonds is 6. The molecule has 0 aromatic carbocycles. The summed E-state index contributed by atoms with van der Waals surface area (Å²) in [6, 6.07) is 0. The molecule has 2 aliphatic heterocycles. The van der Waals surface area contributed by atoms with Gasteiger partial charge in [0, 0.05) is 45.3 Å². The Morgan fingerprint density at radius 1 is 1.50 bits per heavy atom. The van der Waals surface area contributed by atoms with Crippen molar-refractivity contribution in [1.82, 2.24) is 10.2 Å². The zero-order chi connectivity index (χ0) is 12.8. The minimum absolute atomic E-state index is 0.316. The molecule has 0 amide bonds. The summed E-state index contributed by atoms with van der Waals surface area (Å²) in [6.07, 6.45) is 4.10. The van der Waals surface area contributed by atoms with E-state index in [0.717, 1.165) is 39.4 Å². The Labute approximate surface area is 111 Å². The lowest BCUT2D eigenvalue weighted by Crippen LogP contribution is -2.48. The van der Waals surface area contributed by atoms with Gasteiger partial charge in [0.25, 0.3) is 0 Å². The number of nitrogens with one attached hydrogen (secondary N) is 1. The van der Waals surface area contributed by atoms with E-state index in [1.807, 2.05) is 7.11 Å². The van der Waals surface area contributed by atoms with Gasteiger partial charge in [-0.05, 0) is 25.8 Å². The van der Waals surface area contributed by atoms with Gasteiger partial charge in [0.15, 0.2) is 0 Å². The Morgan fingerprint density at radius 3 is 3.00 bits per heavy atom. The van der Waals surface area contributed by atoms with E-state index < -0.39 is 0 Å². The highest BCUT2D eigenvalue weighted by Crippen LogP contribution is 2.30. The molecule has 2 unspecified atom stereocenters. The van der Waals surface area contributed by atoms with Crippen LogP contribution in [0.4, 0.5) is 0 Å². The first-order chi connectivity index (χ1) is 8.78. The minimum Gasteiger partial charge on any atom is -0.381 e. The molecule has 2 rings (SSSR count). The molecular formula is C14H28N2O2. The van der Waals surface area contributed by atoms with Crippen LogP contribution in [-0.2, 0) is 9.47 Å². The molecule has 4 nitrogen and oxygen atoms in total. The molecule has 2 aliphatic rings. The minimum atomic E-state index is 0.316. The van der Waals surface area contributed by atoms with Gasteiger partial charge in [0.2, 0.25) is 0 Å². The van der Waals surface area contributed by atoms with E-state index in [0.29, 0.717) is 11.5 Å². The van der Waals surface area contributed by atoms with Crippen LogP contribution >= 0.6 is 0 Å². The standard InChI is InChI=1S/C14H28N2O2/c1-3-15-10-14(6-4-8-18-12-14)11-16-7-5-13(9-16)17-2/h13,15H,3-12H2,1-2H3. The van der Waals surface area contributed by atoms with E-state index in [9.17, 15) is 0 Å². The molecule has 0 spiro atoms. The maximum Gasteiger partial charge on any atom is 0.0710 e. The van der Waals surface area contributed by atoms with E-state index >= 15 is 0 Å².